The summed E-state index contributed by atoms with van der Waals surface area (Å²) in [5.74, 6) is -1.81. The summed E-state index contributed by atoms with van der Waals surface area (Å²) in [5.41, 5.74) is 1.53. The van der Waals surface area contributed by atoms with Gasteiger partial charge >= 0.3 is 5.97 Å². The number of benzene rings is 1. The van der Waals surface area contributed by atoms with E-state index in [1.165, 1.54) is 6.07 Å². The molecule has 0 bridgehead atoms. The Morgan fingerprint density at radius 3 is 2.75 bits per heavy atom. The first-order chi connectivity index (χ1) is 13.1. The predicted octanol–water partition coefficient (Wildman–Crippen LogP) is 3.32. The summed E-state index contributed by atoms with van der Waals surface area (Å²) in [6.07, 6.45) is 2.52. The van der Waals surface area contributed by atoms with Crippen molar-refractivity contribution in [1.29, 1.82) is 0 Å². The van der Waals surface area contributed by atoms with Gasteiger partial charge in [-0.2, -0.15) is 0 Å². The van der Waals surface area contributed by atoms with Gasteiger partial charge in [0.15, 0.2) is 5.11 Å². The highest BCUT2D eigenvalue weighted by Crippen LogP contribution is 2.34. The Balaban J connectivity index is 2.12. The molecule has 1 aromatic carbocycles. The molecule has 7 nitrogen and oxygen atoms in total. The largest absolute Gasteiger partial charge is 0.506 e. The van der Waals surface area contributed by atoms with Crippen LogP contribution in [0.5, 0.6) is 5.75 Å². The van der Waals surface area contributed by atoms with Gasteiger partial charge in [-0.3, -0.25) is 9.59 Å². The standard InChI is InChI=1S/C20H29N3O4S/c1-5-6-9-27-18(26)13-8-7-12-10-15(22-19(28)23-20(2,3)4)16(24)11-14(12)21-17(13)25/h10-11,13,24H,5-9H2,1-4H3,(H,21,25)(H2,22,23,28). The minimum Gasteiger partial charge on any atom is -0.506 e. The van der Waals surface area contributed by atoms with Crippen LogP contribution in [0.1, 0.15) is 52.5 Å². The van der Waals surface area contributed by atoms with Gasteiger partial charge in [0.2, 0.25) is 5.91 Å². The number of fused-ring (bicyclic) bond motifs is 1. The number of hydrogen-bond donors (Lipinski definition) is 4. The number of anilines is 2. The highest BCUT2D eigenvalue weighted by molar-refractivity contribution is 7.80. The van der Waals surface area contributed by atoms with Crippen LogP contribution in [-0.4, -0.2) is 34.2 Å². The number of phenolic OH excluding ortho intramolecular Hbond substituents is 1. The quantitative estimate of drug-likeness (QED) is 0.195. The highest BCUT2D eigenvalue weighted by Gasteiger charge is 2.31. The van der Waals surface area contributed by atoms with Gasteiger partial charge in [0.05, 0.1) is 12.3 Å². The van der Waals surface area contributed by atoms with E-state index in [1.54, 1.807) is 6.07 Å². The minimum absolute atomic E-state index is 0.0407. The summed E-state index contributed by atoms with van der Waals surface area (Å²) >= 11 is 5.28. The van der Waals surface area contributed by atoms with Gasteiger partial charge in [0.1, 0.15) is 11.7 Å². The fraction of sp³-hybridized carbons (Fsp3) is 0.550. The molecular weight excluding hydrogens is 378 g/mol. The molecule has 1 aliphatic heterocycles. The molecule has 1 atom stereocenters. The molecule has 0 spiro atoms. The van der Waals surface area contributed by atoms with Crippen LogP contribution >= 0.6 is 12.2 Å². The molecule has 28 heavy (non-hydrogen) atoms. The third-order valence-electron chi connectivity index (χ3n) is 4.26. The molecule has 0 radical (unpaired) electrons. The summed E-state index contributed by atoms with van der Waals surface area (Å²) in [7, 11) is 0. The lowest BCUT2D eigenvalue weighted by atomic mass is 10.00. The molecule has 4 N–H and O–H groups in total. The van der Waals surface area contributed by atoms with Gasteiger partial charge in [-0.25, -0.2) is 0 Å². The van der Waals surface area contributed by atoms with Crippen LogP contribution in [-0.2, 0) is 20.7 Å². The Labute approximate surface area is 171 Å². The number of ether oxygens (including phenoxy) is 1. The topological polar surface area (TPSA) is 99.7 Å². The Hall–Kier alpha value is -2.35. The normalized spacial score (nSPS) is 16.4. The van der Waals surface area contributed by atoms with Crippen molar-refractivity contribution in [3.63, 3.8) is 0 Å². The first kappa shape index (κ1) is 21.9. The van der Waals surface area contributed by atoms with Crippen molar-refractivity contribution in [2.24, 2.45) is 5.92 Å². The van der Waals surface area contributed by atoms with Gasteiger partial charge in [-0.05, 0) is 63.9 Å². The van der Waals surface area contributed by atoms with E-state index in [0.29, 0.717) is 35.9 Å². The number of esters is 1. The molecule has 154 valence electrons. The average Bonchev–Trinajstić information content (AvgIpc) is 2.72. The van der Waals surface area contributed by atoms with E-state index >= 15 is 0 Å². The lowest BCUT2D eigenvalue weighted by molar-refractivity contribution is -0.151. The zero-order valence-electron chi connectivity index (χ0n) is 16.8. The number of hydrogen-bond acceptors (Lipinski definition) is 5. The second kappa shape index (κ2) is 9.23. The second-order valence-corrected chi connectivity index (χ2v) is 8.37. The average molecular weight is 408 g/mol. The zero-order chi connectivity index (χ0) is 20.9. The third-order valence-corrected chi connectivity index (χ3v) is 4.47. The molecule has 1 unspecified atom stereocenters. The van der Waals surface area contributed by atoms with Crippen molar-refractivity contribution in [2.75, 3.05) is 17.2 Å². The van der Waals surface area contributed by atoms with Crippen molar-refractivity contribution in [1.82, 2.24) is 5.32 Å². The van der Waals surface area contributed by atoms with Crippen LogP contribution in [0.15, 0.2) is 12.1 Å². The molecule has 0 saturated heterocycles. The summed E-state index contributed by atoms with van der Waals surface area (Å²) in [4.78, 5) is 24.7. The van der Waals surface area contributed by atoms with E-state index in [2.05, 4.69) is 16.0 Å². The Morgan fingerprint density at radius 2 is 2.11 bits per heavy atom. The molecule has 0 aliphatic carbocycles. The fourth-order valence-corrected chi connectivity index (χ4v) is 3.26. The molecule has 0 aromatic heterocycles. The van der Waals surface area contributed by atoms with Gasteiger partial charge in [0, 0.05) is 17.3 Å². The lowest BCUT2D eigenvalue weighted by Crippen LogP contribution is -2.42. The molecular formula is C20H29N3O4S. The first-order valence-corrected chi connectivity index (χ1v) is 9.94. The third kappa shape index (κ3) is 6.09. The molecule has 1 amide bonds. The number of rotatable bonds is 5. The number of nitrogens with one attached hydrogen (secondary N) is 3. The van der Waals surface area contributed by atoms with Crippen molar-refractivity contribution in [2.45, 2.75) is 58.9 Å². The van der Waals surface area contributed by atoms with Crippen LogP contribution in [0.4, 0.5) is 11.4 Å². The molecule has 1 aliphatic rings. The van der Waals surface area contributed by atoms with Crippen LogP contribution in [0.3, 0.4) is 0 Å². The SMILES string of the molecule is CCCCOC(=O)C1CCc2cc(NC(=S)NC(C)(C)C)c(O)cc2NC1=O. The molecule has 0 fully saturated rings. The van der Waals surface area contributed by atoms with E-state index in [1.807, 2.05) is 27.7 Å². The molecule has 1 heterocycles. The number of aromatic hydroxyl groups is 1. The van der Waals surface area contributed by atoms with Gasteiger partial charge in [-0.1, -0.05) is 13.3 Å². The Bertz CT molecular complexity index is 759. The number of carbonyl (C=O) groups is 2. The molecule has 8 heteroatoms. The minimum atomic E-state index is -0.855. The summed E-state index contributed by atoms with van der Waals surface area (Å²) in [6.45, 7) is 8.26. The second-order valence-electron chi connectivity index (χ2n) is 7.96. The van der Waals surface area contributed by atoms with Gasteiger partial charge in [-0.15, -0.1) is 0 Å². The number of phenols is 1. The summed E-state index contributed by atoms with van der Waals surface area (Å²) in [5, 5.41) is 19.5. The van der Waals surface area contributed by atoms with Gasteiger partial charge < -0.3 is 25.8 Å². The number of carbonyl (C=O) groups excluding carboxylic acids is 2. The number of thiocarbonyl (C=S) groups is 1. The van der Waals surface area contributed by atoms with Gasteiger partial charge in [0.25, 0.3) is 0 Å². The van der Waals surface area contributed by atoms with E-state index in [4.69, 9.17) is 17.0 Å². The number of amides is 1. The van der Waals surface area contributed by atoms with Crippen LogP contribution < -0.4 is 16.0 Å². The zero-order valence-corrected chi connectivity index (χ0v) is 17.7. The van der Waals surface area contributed by atoms with Crippen molar-refractivity contribution >= 4 is 40.6 Å². The molecule has 0 saturated carbocycles. The predicted molar refractivity (Wildman–Crippen MR) is 114 cm³/mol. The van der Waals surface area contributed by atoms with E-state index in [-0.39, 0.29) is 11.3 Å². The smallest absolute Gasteiger partial charge is 0.318 e. The van der Waals surface area contributed by atoms with Crippen LogP contribution in [0.25, 0.3) is 0 Å². The van der Waals surface area contributed by atoms with E-state index in [0.717, 1.165) is 18.4 Å². The highest BCUT2D eigenvalue weighted by atomic mass is 32.1. The van der Waals surface area contributed by atoms with Crippen molar-refractivity contribution in [3.05, 3.63) is 17.7 Å². The number of aryl methyl sites for hydroxylation is 1. The Morgan fingerprint density at radius 1 is 1.39 bits per heavy atom. The first-order valence-electron chi connectivity index (χ1n) is 9.53. The van der Waals surface area contributed by atoms with Crippen LogP contribution in [0.2, 0.25) is 0 Å². The maximum atomic E-state index is 12.4. The maximum Gasteiger partial charge on any atom is 0.318 e. The summed E-state index contributed by atoms with van der Waals surface area (Å²) in [6, 6.07) is 3.21. The number of unbranched alkanes of at least 4 members (excludes halogenated alkanes) is 1. The van der Waals surface area contributed by atoms with E-state index < -0.39 is 17.8 Å². The van der Waals surface area contributed by atoms with Crippen molar-refractivity contribution < 1.29 is 19.4 Å². The lowest BCUT2D eigenvalue weighted by Gasteiger charge is -2.23. The molecule has 1 aromatic rings. The summed E-state index contributed by atoms with van der Waals surface area (Å²) < 4.78 is 5.21. The van der Waals surface area contributed by atoms with E-state index in [9.17, 15) is 14.7 Å². The fourth-order valence-electron chi connectivity index (χ4n) is 2.84. The van der Waals surface area contributed by atoms with Crippen molar-refractivity contribution in [3.8, 4) is 5.75 Å². The van der Waals surface area contributed by atoms with Crippen LogP contribution in [0, 0.1) is 5.92 Å². The maximum absolute atomic E-state index is 12.4. The molecule has 2 rings (SSSR count). The monoisotopic (exact) mass is 407 g/mol. The Kier molecular flexibility index (Phi) is 7.23.